The van der Waals surface area contributed by atoms with E-state index >= 15 is 0 Å². The van der Waals surface area contributed by atoms with Crippen molar-refractivity contribution in [3.63, 3.8) is 0 Å². The molecule has 1 fully saturated rings. The number of rotatable bonds is 4. The van der Waals surface area contributed by atoms with Crippen LogP contribution in [0.1, 0.15) is 10.4 Å². The summed E-state index contributed by atoms with van der Waals surface area (Å²) in [6.45, 7) is 0. The van der Waals surface area contributed by atoms with Gasteiger partial charge in [-0.3, -0.25) is 4.79 Å². The van der Waals surface area contributed by atoms with Gasteiger partial charge in [0.25, 0.3) is 15.9 Å². The molecule has 2 heterocycles. The van der Waals surface area contributed by atoms with Gasteiger partial charge in [-0.25, -0.2) is 22.9 Å². The van der Waals surface area contributed by atoms with Crippen LogP contribution in [0.5, 0.6) is 0 Å². The summed E-state index contributed by atoms with van der Waals surface area (Å²) < 4.78 is 30.0. The molecule has 1 aliphatic rings. The molecule has 1 atom stereocenters. The number of nitrogens with one attached hydrogen (secondary N) is 1. The molecule has 0 bridgehead atoms. The van der Waals surface area contributed by atoms with Gasteiger partial charge in [-0.05, 0) is 19.2 Å². The third kappa shape index (κ3) is 3.23. The Balaban J connectivity index is 2.21. The molecular formula is C12H15N3O5S2. The first-order valence-electron chi connectivity index (χ1n) is 6.27. The van der Waals surface area contributed by atoms with Gasteiger partial charge >= 0.3 is 5.97 Å². The summed E-state index contributed by atoms with van der Waals surface area (Å²) in [5.41, 5.74) is 0.214. The molecule has 0 saturated carbocycles. The van der Waals surface area contributed by atoms with E-state index in [2.05, 4.69) is 14.4 Å². The molecule has 1 aromatic rings. The summed E-state index contributed by atoms with van der Waals surface area (Å²) in [5, 5.41) is -0.174. The normalized spacial score (nSPS) is 18.3. The van der Waals surface area contributed by atoms with Crippen LogP contribution in [0.15, 0.2) is 23.4 Å². The van der Waals surface area contributed by atoms with Gasteiger partial charge in [0.2, 0.25) is 0 Å². The van der Waals surface area contributed by atoms with Crippen molar-refractivity contribution in [2.24, 2.45) is 0 Å². The van der Waals surface area contributed by atoms with Crippen molar-refractivity contribution in [3.8, 4) is 0 Å². The molecular weight excluding hydrogens is 330 g/mol. The molecule has 1 saturated heterocycles. The molecule has 1 N–H and O–H groups in total. The number of nitrogens with zero attached hydrogens (tertiary/aromatic N) is 2. The second-order valence-corrected chi connectivity index (χ2v) is 7.24. The van der Waals surface area contributed by atoms with E-state index in [-0.39, 0.29) is 16.5 Å². The summed E-state index contributed by atoms with van der Waals surface area (Å²) in [5.74, 6) is -0.0188. The lowest BCUT2D eigenvalue weighted by Gasteiger charge is -2.21. The molecule has 1 aromatic heterocycles. The Kier molecular flexibility index (Phi) is 5.04. The Morgan fingerprint density at radius 3 is 2.73 bits per heavy atom. The number of hydrogen-bond acceptors (Lipinski definition) is 7. The van der Waals surface area contributed by atoms with Crippen molar-refractivity contribution in [2.75, 3.05) is 25.8 Å². The number of sulfonamides is 1. The lowest BCUT2D eigenvalue weighted by molar-refractivity contribution is -0.144. The summed E-state index contributed by atoms with van der Waals surface area (Å²) in [7, 11) is -1.11. The highest BCUT2D eigenvalue weighted by Crippen LogP contribution is 2.24. The number of ether oxygens (including phenoxy) is 1. The number of carbonyl (C=O) groups excluding carboxylic acids is 2. The first-order valence-corrected chi connectivity index (χ1v) is 8.90. The van der Waals surface area contributed by atoms with Gasteiger partial charge < -0.3 is 9.64 Å². The maximum absolute atomic E-state index is 12.4. The van der Waals surface area contributed by atoms with Gasteiger partial charge in [-0.15, -0.1) is 11.8 Å². The van der Waals surface area contributed by atoms with E-state index in [1.807, 2.05) is 0 Å². The van der Waals surface area contributed by atoms with Gasteiger partial charge in [0.1, 0.15) is 6.04 Å². The zero-order valence-corrected chi connectivity index (χ0v) is 13.6. The topological polar surface area (TPSA) is 106 Å². The number of esters is 1. The standard InChI is InChI=1S/C12H15N3O5S2/c1-13-22(18,19)10-4-3-8(5-14-10)11(16)15-7-21-6-9(15)12(17)20-2/h3-5,9,13H,6-7H2,1-2H3. The van der Waals surface area contributed by atoms with Crippen molar-refractivity contribution in [2.45, 2.75) is 11.1 Å². The summed E-state index contributed by atoms with van der Waals surface area (Å²) in [4.78, 5) is 29.2. The number of aromatic nitrogens is 1. The fourth-order valence-corrected chi connectivity index (χ4v) is 3.70. The number of thioether (sulfide) groups is 1. The van der Waals surface area contributed by atoms with E-state index in [4.69, 9.17) is 0 Å². The summed E-state index contributed by atoms with van der Waals surface area (Å²) in [6, 6.07) is 1.98. The number of carbonyl (C=O) groups is 2. The molecule has 0 aliphatic carbocycles. The number of pyridine rings is 1. The van der Waals surface area contributed by atoms with E-state index in [1.165, 1.54) is 49.1 Å². The van der Waals surface area contributed by atoms with Gasteiger partial charge in [0.15, 0.2) is 5.03 Å². The Morgan fingerprint density at radius 2 is 2.18 bits per heavy atom. The molecule has 0 spiro atoms. The highest BCUT2D eigenvalue weighted by Gasteiger charge is 2.36. The van der Waals surface area contributed by atoms with E-state index in [1.54, 1.807) is 0 Å². The molecule has 120 valence electrons. The second kappa shape index (κ2) is 6.63. The van der Waals surface area contributed by atoms with E-state index < -0.39 is 22.0 Å². The fourth-order valence-electron chi connectivity index (χ4n) is 1.91. The molecule has 22 heavy (non-hydrogen) atoms. The van der Waals surface area contributed by atoms with Crippen LogP contribution in [-0.4, -0.2) is 62.0 Å². The first-order chi connectivity index (χ1) is 10.4. The largest absolute Gasteiger partial charge is 0.467 e. The van der Waals surface area contributed by atoms with Crippen LogP contribution in [0.2, 0.25) is 0 Å². The minimum Gasteiger partial charge on any atom is -0.467 e. The lowest BCUT2D eigenvalue weighted by Crippen LogP contribution is -2.42. The minimum atomic E-state index is -3.65. The molecule has 1 aliphatic heterocycles. The number of methoxy groups -OCH3 is 1. The fraction of sp³-hybridized carbons (Fsp3) is 0.417. The molecule has 0 aromatic carbocycles. The molecule has 1 amide bonds. The maximum atomic E-state index is 12.4. The van der Waals surface area contributed by atoms with Crippen molar-refractivity contribution < 1.29 is 22.7 Å². The average molecular weight is 345 g/mol. The quantitative estimate of drug-likeness (QED) is 0.745. The highest BCUT2D eigenvalue weighted by molar-refractivity contribution is 7.99. The van der Waals surface area contributed by atoms with Crippen LogP contribution in [0.3, 0.4) is 0 Å². The second-order valence-electron chi connectivity index (χ2n) is 4.41. The number of hydrogen-bond donors (Lipinski definition) is 1. The third-order valence-corrected chi connectivity index (χ3v) is 5.49. The average Bonchev–Trinajstić information content (AvgIpc) is 3.03. The van der Waals surface area contributed by atoms with Crippen LogP contribution < -0.4 is 4.72 Å². The monoisotopic (exact) mass is 345 g/mol. The predicted octanol–water partition coefficient (Wildman–Crippen LogP) is -0.322. The SMILES string of the molecule is CNS(=O)(=O)c1ccc(C(=O)N2CSCC2C(=O)OC)cn1. The van der Waals surface area contributed by atoms with Crippen molar-refractivity contribution in [1.82, 2.24) is 14.6 Å². The smallest absolute Gasteiger partial charge is 0.329 e. The molecule has 1 unspecified atom stereocenters. The Morgan fingerprint density at radius 1 is 1.45 bits per heavy atom. The van der Waals surface area contributed by atoms with E-state index in [9.17, 15) is 18.0 Å². The molecule has 0 radical (unpaired) electrons. The Hall–Kier alpha value is -1.65. The highest BCUT2D eigenvalue weighted by atomic mass is 32.2. The van der Waals surface area contributed by atoms with Crippen molar-refractivity contribution in [3.05, 3.63) is 23.9 Å². The van der Waals surface area contributed by atoms with Crippen LogP contribution in [0.25, 0.3) is 0 Å². The molecule has 8 nitrogen and oxygen atoms in total. The van der Waals surface area contributed by atoms with E-state index in [0.717, 1.165) is 0 Å². The van der Waals surface area contributed by atoms with Gasteiger partial charge in [-0.2, -0.15) is 0 Å². The Bertz CT molecular complexity index is 675. The van der Waals surface area contributed by atoms with E-state index in [0.29, 0.717) is 11.6 Å². The van der Waals surface area contributed by atoms with Gasteiger partial charge in [0.05, 0.1) is 18.6 Å². The minimum absolute atomic E-state index is 0.174. The zero-order valence-electron chi connectivity index (χ0n) is 12.0. The third-order valence-electron chi connectivity index (χ3n) is 3.14. The zero-order chi connectivity index (χ0) is 16.3. The first kappa shape index (κ1) is 16.7. The van der Waals surface area contributed by atoms with Gasteiger partial charge in [-0.1, -0.05) is 0 Å². The van der Waals surface area contributed by atoms with Crippen molar-refractivity contribution >= 4 is 33.7 Å². The van der Waals surface area contributed by atoms with Crippen LogP contribution in [0, 0.1) is 0 Å². The van der Waals surface area contributed by atoms with Crippen LogP contribution in [0.4, 0.5) is 0 Å². The van der Waals surface area contributed by atoms with Crippen molar-refractivity contribution in [1.29, 1.82) is 0 Å². The van der Waals surface area contributed by atoms with Gasteiger partial charge in [0, 0.05) is 11.9 Å². The molecule has 10 heteroatoms. The Labute approximate surface area is 132 Å². The predicted molar refractivity (Wildman–Crippen MR) is 79.8 cm³/mol. The number of amides is 1. The summed E-state index contributed by atoms with van der Waals surface area (Å²) >= 11 is 1.45. The van der Waals surface area contributed by atoms with Crippen LogP contribution >= 0.6 is 11.8 Å². The summed E-state index contributed by atoms with van der Waals surface area (Å²) in [6.07, 6.45) is 1.18. The van der Waals surface area contributed by atoms with Crippen LogP contribution in [-0.2, 0) is 19.6 Å². The maximum Gasteiger partial charge on any atom is 0.329 e. The molecule has 2 rings (SSSR count). The lowest BCUT2D eigenvalue weighted by atomic mass is 10.2.